The van der Waals surface area contributed by atoms with E-state index in [4.69, 9.17) is 4.74 Å². The van der Waals surface area contributed by atoms with E-state index in [0.29, 0.717) is 5.88 Å². The lowest BCUT2D eigenvalue weighted by molar-refractivity contribution is 0.103. The van der Waals surface area contributed by atoms with E-state index >= 15 is 0 Å². The van der Waals surface area contributed by atoms with Gasteiger partial charge in [-0.2, -0.15) is 0 Å². The summed E-state index contributed by atoms with van der Waals surface area (Å²) >= 11 is 0. The lowest BCUT2D eigenvalue weighted by Gasteiger charge is -2.06. The summed E-state index contributed by atoms with van der Waals surface area (Å²) in [6, 6.07) is 6.04. The van der Waals surface area contributed by atoms with Crippen LogP contribution in [0.1, 0.15) is 21.6 Å². The summed E-state index contributed by atoms with van der Waals surface area (Å²) in [5.41, 5.74) is 1.30. The van der Waals surface area contributed by atoms with Crippen LogP contribution in [-0.4, -0.2) is 37.5 Å². The van der Waals surface area contributed by atoms with Crippen molar-refractivity contribution in [2.24, 2.45) is 0 Å². The molecule has 0 saturated carbocycles. The number of aromatic nitrogens is 2. The minimum Gasteiger partial charge on any atom is -0.481 e. The zero-order chi connectivity index (χ0) is 15.6. The molecule has 7 heteroatoms. The third kappa shape index (κ3) is 3.25. The van der Waals surface area contributed by atoms with Gasteiger partial charge < -0.3 is 4.74 Å². The first-order chi connectivity index (χ1) is 9.82. The van der Waals surface area contributed by atoms with E-state index in [1.165, 1.54) is 25.4 Å². The van der Waals surface area contributed by atoms with Gasteiger partial charge in [-0.25, -0.2) is 18.4 Å². The van der Waals surface area contributed by atoms with E-state index < -0.39 is 9.84 Å². The summed E-state index contributed by atoms with van der Waals surface area (Å²) in [5, 5.41) is -0.0755. The third-order valence-corrected chi connectivity index (χ3v) is 3.86. The summed E-state index contributed by atoms with van der Waals surface area (Å²) < 4.78 is 27.7. The molecule has 0 aliphatic carbocycles. The predicted octanol–water partition coefficient (Wildman–Crippen LogP) is 1.43. The maximum absolute atomic E-state index is 12.3. The van der Waals surface area contributed by atoms with Crippen molar-refractivity contribution in [3.05, 3.63) is 47.3 Å². The van der Waals surface area contributed by atoms with Gasteiger partial charge in [-0.05, 0) is 25.1 Å². The predicted molar refractivity (Wildman–Crippen MR) is 76.3 cm³/mol. The van der Waals surface area contributed by atoms with Crippen LogP contribution in [0.4, 0.5) is 0 Å². The largest absolute Gasteiger partial charge is 0.481 e. The number of sulfone groups is 1. The molecule has 0 aliphatic rings. The molecule has 0 radical (unpaired) electrons. The Labute approximate surface area is 122 Å². The normalized spacial score (nSPS) is 11.2. The zero-order valence-electron chi connectivity index (χ0n) is 11.8. The molecule has 6 nitrogen and oxygen atoms in total. The number of methoxy groups -OCH3 is 1. The van der Waals surface area contributed by atoms with Crippen LogP contribution >= 0.6 is 0 Å². The molecule has 0 amide bonds. The summed E-state index contributed by atoms with van der Waals surface area (Å²) in [4.78, 5) is 20.2. The van der Waals surface area contributed by atoms with Crippen molar-refractivity contribution in [3.8, 4) is 5.88 Å². The minimum absolute atomic E-state index is 0.0755. The molecule has 0 N–H and O–H groups in total. The molecule has 0 fully saturated rings. The molecule has 110 valence electrons. The SMILES string of the molecule is COc1nc(C(=O)c2ccc(S(C)(=O)=O)nc2)ccc1C. The fraction of sp³-hybridized carbons (Fsp3) is 0.214. The number of pyridine rings is 2. The van der Waals surface area contributed by atoms with Crippen molar-refractivity contribution >= 4 is 15.6 Å². The van der Waals surface area contributed by atoms with Gasteiger partial charge >= 0.3 is 0 Å². The molecule has 0 unspecified atom stereocenters. The van der Waals surface area contributed by atoms with Crippen molar-refractivity contribution in [2.45, 2.75) is 11.9 Å². The first-order valence-electron chi connectivity index (χ1n) is 6.05. The molecule has 2 aromatic heterocycles. The third-order valence-electron chi connectivity index (χ3n) is 2.85. The van der Waals surface area contributed by atoms with Crippen LogP contribution in [0.3, 0.4) is 0 Å². The van der Waals surface area contributed by atoms with Crippen LogP contribution in [0.15, 0.2) is 35.5 Å². The zero-order valence-corrected chi connectivity index (χ0v) is 12.6. The van der Waals surface area contributed by atoms with Crippen molar-refractivity contribution in [1.82, 2.24) is 9.97 Å². The van der Waals surface area contributed by atoms with Crippen molar-refractivity contribution in [3.63, 3.8) is 0 Å². The van der Waals surface area contributed by atoms with Gasteiger partial charge in [0.1, 0.15) is 5.69 Å². The number of hydrogen-bond acceptors (Lipinski definition) is 6. The van der Waals surface area contributed by atoms with Gasteiger partial charge in [0.15, 0.2) is 14.9 Å². The maximum Gasteiger partial charge on any atom is 0.216 e. The lowest BCUT2D eigenvalue weighted by Crippen LogP contribution is -2.08. The molecule has 0 bridgehead atoms. The van der Waals surface area contributed by atoms with Gasteiger partial charge in [-0.15, -0.1) is 0 Å². The van der Waals surface area contributed by atoms with Crippen molar-refractivity contribution in [1.29, 1.82) is 0 Å². The number of ketones is 1. The smallest absolute Gasteiger partial charge is 0.216 e. The molecular weight excluding hydrogens is 292 g/mol. The number of carbonyl (C=O) groups is 1. The molecule has 0 spiro atoms. The summed E-state index contributed by atoms with van der Waals surface area (Å²) in [6.45, 7) is 1.82. The highest BCUT2D eigenvalue weighted by atomic mass is 32.2. The molecule has 2 rings (SSSR count). The standard InChI is InChI=1S/C14H14N2O4S/c1-9-4-6-11(16-14(9)20-2)13(17)10-5-7-12(15-8-10)21(3,18)19/h4-8H,1-3H3. The van der Waals surface area contributed by atoms with Crippen molar-refractivity contribution in [2.75, 3.05) is 13.4 Å². The molecule has 0 atom stereocenters. The van der Waals surface area contributed by atoms with Gasteiger partial charge in [0.2, 0.25) is 11.7 Å². The first-order valence-corrected chi connectivity index (χ1v) is 7.94. The van der Waals surface area contributed by atoms with Crippen LogP contribution in [0, 0.1) is 6.92 Å². The number of hydrogen-bond donors (Lipinski definition) is 0. The van der Waals surface area contributed by atoms with E-state index in [0.717, 1.165) is 11.8 Å². The van der Waals surface area contributed by atoms with E-state index in [1.54, 1.807) is 12.1 Å². The summed E-state index contributed by atoms with van der Waals surface area (Å²) in [5.74, 6) is 0.0300. The molecule has 0 aliphatic heterocycles. The second kappa shape index (κ2) is 5.61. The fourth-order valence-corrected chi connectivity index (χ4v) is 2.28. The van der Waals surface area contributed by atoms with Crippen LogP contribution in [-0.2, 0) is 9.84 Å². The second-order valence-corrected chi connectivity index (χ2v) is 6.47. The second-order valence-electron chi connectivity index (χ2n) is 4.51. The molecule has 0 saturated heterocycles. The van der Waals surface area contributed by atoms with Crippen molar-refractivity contribution < 1.29 is 17.9 Å². The Morgan fingerprint density at radius 2 is 1.90 bits per heavy atom. The minimum atomic E-state index is -3.38. The maximum atomic E-state index is 12.3. The number of rotatable bonds is 4. The van der Waals surface area contributed by atoms with E-state index in [-0.39, 0.29) is 22.1 Å². The highest BCUT2D eigenvalue weighted by Gasteiger charge is 2.15. The van der Waals surface area contributed by atoms with E-state index in [9.17, 15) is 13.2 Å². The summed E-state index contributed by atoms with van der Waals surface area (Å²) in [7, 11) is -1.91. The van der Waals surface area contributed by atoms with E-state index in [2.05, 4.69) is 9.97 Å². The van der Waals surface area contributed by atoms with Gasteiger partial charge in [-0.3, -0.25) is 4.79 Å². The Balaban J connectivity index is 2.36. The molecule has 2 heterocycles. The van der Waals surface area contributed by atoms with Gasteiger partial charge in [0, 0.05) is 23.6 Å². The quantitative estimate of drug-likeness (QED) is 0.794. The van der Waals surface area contributed by atoms with E-state index in [1.807, 2.05) is 6.92 Å². The highest BCUT2D eigenvalue weighted by Crippen LogP contribution is 2.17. The first kappa shape index (κ1) is 15.1. The lowest BCUT2D eigenvalue weighted by atomic mass is 10.1. The van der Waals surface area contributed by atoms with Crippen LogP contribution in [0.2, 0.25) is 0 Å². The van der Waals surface area contributed by atoms with Crippen LogP contribution in [0.5, 0.6) is 5.88 Å². The van der Waals surface area contributed by atoms with Gasteiger partial charge in [0.25, 0.3) is 0 Å². The monoisotopic (exact) mass is 306 g/mol. The number of ether oxygens (including phenoxy) is 1. The van der Waals surface area contributed by atoms with Gasteiger partial charge in [0.05, 0.1) is 7.11 Å². The fourth-order valence-electron chi connectivity index (χ4n) is 1.72. The molecule has 0 aromatic carbocycles. The Hall–Kier alpha value is -2.28. The van der Waals surface area contributed by atoms with Crippen LogP contribution < -0.4 is 4.74 Å². The topological polar surface area (TPSA) is 86.2 Å². The Bertz CT molecular complexity index is 783. The molecular formula is C14H14N2O4S. The number of carbonyl (C=O) groups excluding carboxylic acids is 1. The number of aryl methyl sites for hydroxylation is 1. The van der Waals surface area contributed by atoms with Gasteiger partial charge in [-0.1, -0.05) is 6.07 Å². The average Bonchev–Trinajstić information content (AvgIpc) is 2.46. The Morgan fingerprint density at radius 3 is 2.43 bits per heavy atom. The Morgan fingerprint density at radius 1 is 1.19 bits per heavy atom. The molecule has 2 aromatic rings. The Kier molecular flexibility index (Phi) is 4.04. The highest BCUT2D eigenvalue weighted by molar-refractivity contribution is 7.90. The number of nitrogens with zero attached hydrogens (tertiary/aromatic N) is 2. The summed E-state index contributed by atoms with van der Waals surface area (Å²) in [6.07, 6.45) is 2.29. The van der Waals surface area contributed by atoms with Crippen LogP contribution in [0.25, 0.3) is 0 Å². The average molecular weight is 306 g/mol. The molecule has 21 heavy (non-hydrogen) atoms.